The molecule has 1 fully saturated rings. The normalized spacial score (nSPS) is 22.5. The lowest BCUT2D eigenvalue weighted by molar-refractivity contribution is 0.410. The molecule has 0 amide bonds. The van der Waals surface area contributed by atoms with Gasteiger partial charge in [0, 0.05) is 6.04 Å². The van der Waals surface area contributed by atoms with Crippen molar-refractivity contribution >= 4 is 43.2 Å². The van der Waals surface area contributed by atoms with Crippen molar-refractivity contribution in [2.75, 3.05) is 6.54 Å². The van der Waals surface area contributed by atoms with Crippen LogP contribution in [0.1, 0.15) is 52.6 Å². The van der Waals surface area contributed by atoms with Crippen LogP contribution in [0.4, 0.5) is 0 Å². The van der Waals surface area contributed by atoms with Gasteiger partial charge in [-0.3, -0.25) is 0 Å². The van der Waals surface area contributed by atoms with Crippen molar-refractivity contribution < 1.29 is 0 Å². The molecule has 0 aromatic carbocycles. The summed E-state index contributed by atoms with van der Waals surface area (Å²) in [4.78, 5) is 0. The highest BCUT2D eigenvalue weighted by Crippen LogP contribution is 2.72. The molecule has 1 N–H and O–H groups in total. The zero-order chi connectivity index (χ0) is 14.4. The average molecular weight is 409 g/mol. The Morgan fingerprint density at radius 1 is 1.26 bits per heavy atom. The second kappa shape index (κ2) is 5.43. The highest BCUT2D eigenvalue weighted by molar-refractivity contribution is 9.12. The third-order valence-corrected chi connectivity index (χ3v) is 7.48. The van der Waals surface area contributed by atoms with Gasteiger partial charge < -0.3 is 5.32 Å². The standard InChI is InChI=1S/C15H23Br2NS/c1-6-7-18-11(9-8-10(16)19-13(9)17)12-14(2,3)15(12,4)5/h8,11-12,18H,6-7H2,1-5H3. The van der Waals surface area contributed by atoms with Crippen molar-refractivity contribution in [3.05, 3.63) is 19.2 Å². The van der Waals surface area contributed by atoms with Crippen LogP contribution >= 0.6 is 43.2 Å². The van der Waals surface area contributed by atoms with Gasteiger partial charge in [-0.2, -0.15) is 0 Å². The van der Waals surface area contributed by atoms with E-state index in [2.05, 4.69) is 77.9 Å². The molecule has 1 nitrogen and oxygen atoms in total. The Bertz CT molecular complexity index is 451. The highest BCUT2D eigenvalue weighted by Gasteiger charge is 2.67. The number of hydrogen-bond donors (Lipinski definition) is 1. The first-order valence-electron chi connectivity index (χ1n) is 6.91. The summed E-state index contributed by atoms with van der Waals surface area (Å²) in [7, 11) is 0. The monoisotopic (exact) mass is 407 g/mol. The van der Waals surface area contributed by atoms with E-state index < -0.39 is 0 Å². The summed E-state index contributed by atoms with van der Waals surface area (Å²) >= 11 is 9.11. The smallest absolute Gasteiger partial charge is 0.0758 e. The zero-order valence-corrected chi connectivity index (χ0v) is 16.3. The van der Waals surface area contributed by atoms with Crippen LogP contribution in [0.25, 0.3) is 0 Å². The Morgan fingerprint density at radius 3 is 2.21 bits per heavy atom. The maximum absolute atomic E-state index is 3.77. The van der Waals surface area contributed by atoms with Crippen LogP contribution in [-0.2, 0) is 0 Å². The molecule has 2 rings (SSSR count). The first kappa shape index (κ1) is 16.0. The van der Waals surface area contributed by atoms with Gasteiger partial charge in [0.25, 0.3) is 0 Å². The highest BCUT2D eigenvalue weighted by atomic mass is 79.9. The quantitative estimate of drug-likeness (QED) is 0.630. The van der Waals surface area contributed by atoms with E-state index in [1.165, 1.54) is 19.6 Å². The van der Waals surface area contributed by atoms with Gasteiger partial charge in [-0.15, -0.1) is 11.3 Å². The van der Waals surface area contributed by atoms with Crippen LogP contribution in [0.3, 0.4) is 0 Å². The Hall–Kier alpha value is 0.620. The van der Waals surface area contributed by atoms with Crippen molar-refractivity contribution in [1.82, 2.24) is 5.32 Å². The molecule has 1 saturated carbocycles. The van der Waals surface area contributed by atoms with Crippen LogP contribution in [0.5, 0.6) is 0 Å². The van der Waals surface area contributed by atoms with Gasteiger partial charge in [-0.25, -0.2) is 0 Å². The molecule has 1 aromatic rings. The SMILES string of the molecule is CCCNC(c1cc(Br)sc1Br)C1C(C)(C)C1(C)C. The number of halogens is 2. The summed E-state index contributed by atoms with van der Waals surface area (Å²) in [5.74, 6) is 0.685. The number of nitrogens with one attached hydrogen (secondary N) is 1. The fourth-order valence-electron chi connectivity index (χ4n) is 3.35. The predicted octanol–water partition coefficient (Wildman–Crippen LogP) is 6.00. The second-order valence-electron chi connectivity index (χ2n) is 6.63. The van der Waals surface area contributed by atoms with E-state index in [0.717, 1.165) is 6.54 Å². The predicted molar refractivity (Wildman–Crippen MR) is 91.8 cm³/mol. The first-order chi connectivity index (χ1) is 8.73. The largest absolute Gasteiger partial charge is 0.310 e. The molecule has 1 atom stereocenters. The van der Waals surface area contributed by atoms with Crippen molar-refractivity contribution in [3.8, 4) is 0 Å². The van der Waals surface area contributed by atoms with Crippen LogP contribution in [0, 0.1) is 16.7 Å². The maximum Gasteiger partial charge on any atom is 0.0758 e. The Kier molecular flexibility index (Phi) is 4.57. The van der Waals surface area contributed by atoms with E-state index in [0.29, 0.717) is 22.8 Å². The molecule has 108 valence electrons. The van der Waals surface area contributed by atoms with Gasteiger partial charge in [0.05, 0.1) is 7.57 Å². The van der Waals surface area contributed by atoms with E-state index >= 15 is 0 Å². The summed E-state index contributed by atoms with van der Waals surface area (Å²) in [6.07, 6.45) is 1.17. The molecular weight excluding hydrogens is 386 g/mol. The summed E-state index contributed by atoms with van der Waals surface area (Å²) < 4.78 is 2.46. The van der Waals surface area contributed by atoms with Crippen LogP contribution < -0.4 is 5.32 Å². The third-order valence-electron chi connectivity index (χ3n) is 5.10. The summed E-state index contributed by atoms with van der Waals surface area (Å²) in [5, 5.41) is 3.77. The Labute approximate surface area is 137 Å². The molecule has 0 spiro atoms. The minimum Gasteiger partial charge on any atom is -0.310 e. The van der Waals surface area contributed by atoms with Crippen molar-refractivity contribution in [1.29, 1.82) is 0 Å². The molecule has 1 aliphatic carbocycles. The van der Waals surface area contributed by atoms with E-state index in [4.69, 9.17) is 0 Å². The molecule has 1 aliphatic rings. The summed E-state index contributed by atoms with van der Waals surface area (Å²) in [6.45, 7) is 12.9. The maximum atomic E-state index is 3.77. The van der Waals surface area contributed by atoms with Crippen molar-refractivity contribution in [3.63, 3.8) is 0 Å². The van der Waals surface area contributed by atoms with Gasteiger partial charge >= 0.3 is 0 Å². The number of hydrogen-bond acceptors (Lipinski definition) is 2. The molecule has 1 aromatic heterocycles. The molecule has 1 unspecified atom stereocenters. The van der Waals surface area contributed by atoms with E-state index in [1.54, 1.807) is 11.3 Å². The Balaban J connectivity index is 2.31. The van der Waals surface area contributed by atoms with Crippen molar-refractivity contribution in [2.45, 2.75) is 47.1 Å². The average Bonchev–Trinajstić information content (AvgIpc) is 2.56. The lowest BCUT2D eigenvalue weighted by atomic mass is 9.99. The van der Waals surface area contributed by atoms with Crippen molar-refractivity contribution in [2.24, 2.45) is 16.7 Å². The topological polar surface area (TPSA) is 12.0 Å². The van der Waals surface area contributed by atoms with Gasteiger partial charge in [-0.1, -0.05) is 34.6 Å². The molecular formula is C15H23Br2NS. The summed E-state index contributed by atoms with van der Waals surface area (Å²) in [5.41, 5.74) is 2.20. The third kappa shape index (κ3) is 2.70. The molecule has 0 radical (unpaired) electrons. The molecule has 1 heterocycles. The van der Waals surface area contributed by atoms with Crippen LogP contribution in [-0.4, -0.2) is 6.54 Å². The van der Waals surface area contributed by atoms with Crippen LogP contribution in [0.15, 0.2) is 13.6 Å². The van der Waals surface area contributed by atoms with E-state index in [1.807, 2.05) is 0 Å². The molecule has 0 saturated heterocycles. The summed E-state index contributed by atoms with van der Waals surface area (Å²) in [6, 6.07) is 2.72. The minimum atomic E-state index is 0.395. The van der Waals surface area contributed by atoms with Gasteiger partial charge in [-0.05, 0) is 73.2 Å². The van der Waals surface area contributed by atoms with Gasteiger partial charge in [0.1, 0.15) is 0 Å². The van der Waals surface area contributed by atoms with E-state index in [9.17, 15) is 0 Å². The lowest BCUT2D eigenvalue weighted by Gasteiger charge is -2.21. The van der Waals surface area contributed by atoms with Gasteiger partial charge in [0.15, 0.2) is 0 Å². The molecule has 0 aliphatic heterocycles. The van der Waals surface area contributed by atoms with E-state index in [-0.39, 0.29) is 0 Å². The Morgan fingerprint density at radius 2 is 1.84 bits per heavy atom. The van der Waals surface area contributed by atoms with Crippen LogP contribution in [0.2, 0.25) is 0 Å². The minimum absolute atomic E-state index is 0.395. The number of rotatable bonds is 5. The molecule has 0 bridgehead atoms. The fourth-order valence-corrected chi connectivity index (χ4v) is 6.28. The van der Waals surface area contributed by atoms with Gasteiger partial charge in [0.2, 0.25) is 0 Å². The molecule has 4 heteroatoms. The fraction of sp³-hybridized carbons (Fsp3) is 0.733. The lowest BCUT2D eigenvalue weighted by Crippen LogP contribution is -2.26. The second-order valence-corrected chi connectivity index (χ2v) is 10.4. The zero-order valence-electron chi connectivity index (χ0n) is 12.3. The first-order valence-corrected chi connectivity index (χ1v) is 9.31. The molecule has 19 heavy (non-hydrogen) atoms. The number of thiophene rings is 1.